The van der Waals surface area contributed by atoms with E-state index < -0.39 is 5.92 Å². The summed E-state index contributed by atoms with van der Waals surface area (Å²) in [7, 11) is 1.87. The van der Waals surface area contributed by atoms with Crippen LogP contribution in [0, 0.1) is 0 Å². The summed E-state index contributed by atoms with van der Waals surface area (Å²) in [5.41, 5.74) is 8.85. The molecular formula is C37H48F2N4. The Morgan fingerprint density at radius 3 is 2.42 bits per heavy atom. The molecule has 0 spiro atoms. The molecule has 0 amide bonds. The predicted molar refractivity (Wildman–Crippen MR) is 180 cm³/mol. The Morgan fingerprint density at radius 2 is 1.72 bits per heavy atom. The predicted octanol–water partition coefficient (Wildman–Crippen LogP) is 10.2. The molecule has 0 atom stereocenters. The molecule has 230 valence electrons. The van der Waals surface area contributed by atoms with E-state index in [0.29, 0.717) is 11.4 Å². The molecular weight excluding hydrogens is 538 g/mol. The molecule has 1 aromatic heterocycles. The highest BCUT2D eigenvalue weighted by atomic mass is 19.3. The minimum absolute atomic E-state index is 0.0374. The second kappa shape index (κ2) is 14.7. The number of fused-ring (bicyclic) bond motifs is 1. The molecule has 1 aliphatic heterocycles. The van der Waals surface area contributed by atoms with Crippen LogP contribution in [-0.2, 0) is 25.3 Å². The molecule has 2 heterocycles. The summed E-state index contributed by atoms with van der Waals surface area (Å²) in [6.07, 6.45) is 12.1. The first-order valence-corrected chi connectivity index (χ1v) is 15.8. The molecule has 0 unspecified atom stereocenters. The van der Waals surface area contributed by atoms with E-state index in [1.165, 1.54) is 43.4 Å². The standard InChI is InChI=1S/C37H48F2N4/c1-7-8-9-10-11-12-13-14-28-19-32(37(5,38)39)23-33(20-28)42-27(4)31-16-15-30-17-18-43(35(30)22-31)25-29-21-34(26(2)3)36(40-6)41-24-29/h15-16,19-24,42H,2,4,7-14,17-18,25H2,1,3,5-6H3,(H,40,41). The number of alkyl halides is 2. The van der Waals surface area contributed by atoms with Gasteiger partial charge in [0.25, 0.3) is 5.92 Å². The summed E-state index contributed by atoms with van der Waals surface area (Å²) >= 11 is 0. The molecule has 2 aromatic carbocycles. The van der Waals surface area contributed by atoms with E-state index in [0.717, 1.165) is 79.3 Å². The van der Waals surface area contributed by atoms with Gasteiger partial charge in [0.2, 0.25) is 0 Å². The smallest absolute Gasteiger partial charge is 0.270 e. The zero-order valence-electron chi connectivity index (χ0n) is 26.5. The Bertz CT molecular complexity index is 1420. The number of halogens is 2. The Morgan fingerprint density at radius 1 is 0.977 bits per heavy atom. The molecule has 0 fully saturated rings. The fraction of sp³-hybridized carbons (Fsp3) is 0.432. The van der Waals surface area contributed by atoms with E-state index in [1.807, 2.05) is 26.2 Å². The molecule has 43 heavy (non-hydrogen) atoms. The van der Waals surface area contributed by atoms with Crippen LogP contribution in [-0.4, -0.2) is 18.6 Å². The number of nitrogens with zero attached hydrogens (tertiary/aromatic N) is 2. The number of hydrogen-bond donors (Lipinski definition) is 2. The number of unbranched alkanes of at least 4 members (excludes halogenated alkanes) is 6. The van der Waals surface area contributed by atoms with Crippen molar-refractivity contribution in [2.24, 2.45) is 0 Å². The molecule has 4 nitrogen and oxygen atoms in total. The summed E-state index contributed by atoms with van der Waals surface area (Å²) < 4.78 is 28.9. The van der Waals surface area contributed by atoms with Crippen molar-refractivity contribution in [3.05, 3.63) is 95.2 Å². The third-order valence-electron chi connectivity index (χ3n) is 8.30. The maximum absolute atomic E-state index is 14.5. The summed E-state index contributed by atoms with van der Waals surface area (Å²) in [6.45, 7) is 15.2. The topological polar surface area (TPSA) is 40.2 Å². The number of rotatable bonds is 16. The van der Waals surface area contributed by atoms with Crippen molar-refractivity contribution >= 4 is 28.5 Å². The number of hydrogen-bond acceptors (Lipinski definition) is 4. The number of benzene rings is 2. The van der Waals surface area contributed by atoms with Gasteiger partial charge in [0.15, 0.2) is 0 Å². The van der Waals surface area contributed by atoms with Crippen molar-refractivity contribution in [2.45, 2.75) is 91.0 Å². The van der Waals surface area contributed by atoms with Gasteiger partial charge in [0, 0.05) is 61.5 Å². The maximum Gasteiger partial charge on any atom is 0.270 e. The SMILES string of the molecule is C=C(Nc1cc(CCCCCCCCC)cc(C(C)(F)F)c1)c1ccc2c(c1)N(Cc1cnc(NC)c(C(=C)C)c1)CC2. The van der Waals surface area contributed by atoms with Crippen LogP contribution in [0.25, 0.3) is 11.3 Å². The fourth-order valence-corrected chi connectivity index (χ4v) is 5.83. The van der Waals surface area contributed by atoms with Crippen molar-refractivity contribution in [1.82, 2.24) is 4.98 Å². The molecule has 2 N–H and O–H groups in total. The lowest BCUT2D eigenvalue weighted by Gasteiger charge is -2.22. The molecule has 0 bridgehead atoms. The highest BCUT2D eigenvalue weighted by Gasteiger charge is 2.26. The van der Waals surface area contributed by atoms with Crippen molar-refractivity contribution in [3.63, 3.8) is 0 Å². The van der Waals surface area contributed by atoms with Gasteiger partial charge < -0.3 is 15.5 Å². The van der Waals surface area contributed by atoms with E-state index in [9.17, 15) is 8.78 Å². The van der Waals surface area contributed by atoms with Crippen molar-refractivity contribution in [2.75, 3.05) is 29.1 Å². The van der Waals surface area contributed by atoms with Gasteiger partial charge in [-0.15, -0.1) is 0 Å². The lowest BCUT2D eigenvalue weighted by Crippen LogP contribution is -2.20. The molecule has 0 aliphatic carbocycles. The summed E-state index contributed by atoms with van der Waals surface area (Å²) in [5, 5.41) is 6.50. The van der Waals surface area contributed by atoms with Crippen LogP contribution in [0.2, 0.25) is 0 Å². The number of pyridine rings is 1. The van der Waals surface area contributed by atoms with Crippen molar-refractivity contribution in [3.8, 4) is 0 Å². The van der Waals surface area contributed by atoms with E-state index >= 15 is 0 Å². The Balaban J connectivity index is 1.47. The first-order valence-electron chi connectivity index (χ1n) is 15.8. The molecule has 0 saturated heterocycles. The third kappa shape index (κ3) is 8.68. The number of allylic oxidation sites excluding steroid dienone is 1. The van der Waals surface area contributed by atoms with Crippen LogP contribution >= 0.6 is 0 Å². The average Bonchev–Trinajstić information content (AvgIpc) is 3.37. The van der Waals surface area contributed by atoms with Gasteiger partial charge in [-0.3, -0.25) is 0 Å². The summed E-state index contributed by atoms with van der Waals surface area (Å²) in [6, 6.07) is 13.8. The summed E-state index contributed by atoms with van der Waals surface area (Å²) in [5.74, 6) is -2.08. The number of anilines is 3. The van der Waals surface area contributed by atoms with Gasteiger partial charge in [-0.25, -0.2) is 13.8 Å². The zero-order valence-corrected chi connectivity index (χ0v) is 26.5. The van der Waals surface area contributed by atoms with Crippen LogP contribution in [0.5, 0.6) is 0 Å². The highest BCUT2D eigenvalue weighted by molar-refractivity contribution is 5.79. The van der Waals surface area contributed by atoms with Crippen molar-refractivity contribution in [1.29, 1.82) is 0 Å². The third-order valence-corrected chi connectivity index (χ3v) is 8.30. The van der Waals surface area contributed by atoms with Gasteiger partial charge in [0.05, 0.1) is 0 Å². The average molecular weight is 587 g/mol. The highest BCUT2D eigenvalue weighted by Crippen LogP contribution is 2.35. The van der Waals surface area contributed by atoms with Gasteiger partial charge in [0.1, 0.15) is 5.82 Å². The fourth-order valence-electron chi connectivity index (χ4n) is 5.83. The van der Waals surface area contributed by atoms with E-state index in [4.69, 9.17) is 0 Å². The Hall–Kier alpha value is -3.67. The molecule has 4 rings (SSSR count). The van der Waals surface area contributed by atoms with Gasteiger partial charge in [-0.1, -0.05) is 70.7 Å². The van der Waals surface area contributed by atoms with Crippen LogP contribution < -0.4 is 15.5 Å². The van der Waals surface area contributed by atoms with Crippen LogP contribution in [0.1, 0.15) is 99.1 Å². The molecule has 0 saturated carbocycles. The molecule has 6 heteroatoms. The van der Waals surface area contributed by atoms with Gasteiger partial charge >= 0.3 is 0 Å². The maximum atomic E-state index is 14.5. The molecule has 1 aliphatic rings. The second-order valence-electron chi connectivity index (χ2n) is 12.1. The monoisotopic (exact) mass is 586 g/mol. The Kier molecular flexibility index (Phi) is 11.0. The van der Waals surface area contributed by atoms with Crippen LogP contribution in [0.4, 0.5) is 26.0 Å². The normalized spacial score (nSPS) is 12.7. The van der Waals surface area contributed by atoms with E-state index in [1.54, 1.807) is 12.1 Å². The van der Waals surface area contributed by atoms with Gasteiger partial charge in [-0.2, -0.15) is 0 Å². The number of aromatic nitrogens is 1. The summed E-state index contributed by atoms with van der Waals surface area (Å²) in [4.78, 5) is 6.97. The van der Waals surface area contributed by atoms with E-state index in [2.05, 4.69) is 64.9 Å². The Labute approximate surface area is 257 Å². The van der Waals surface area contributed by atoms with Crippen LogP contribution in [0.15, 0.2) is 61.8 Å². The van der Waals surface area contributed by atoms with Gasteiger partial charge in [-0.05, 0) is 84.3 Å². The van der Waals surface area contributed by atoms with Crippen LogP contribution in [0.3, 0.4) is 0 Å². The lowest BCUT2D eigenvalue weighted by molar-refractivity contribution is 0.0174. The quantitative estimate of drug-likeness (QED) is 0.164. The van der Waals surface area contributed by atoms with Crippen molar-refractivity contribution < 1.29 is 8.78 Å². The first-order chi connectivity index (χ1) is 20.6. The molecule has 3 aromatic rings. The minimum Gasteiger partial charge on any atom is -0.373 e. The lowest BCUT2D eigenvalue weighted by atomic mass is 9.99. The molecule has 0 radical (unpaired) electrons. The minimum atomic E-state index is -2.91. The van der Waals surface area contributed by atoms with E-state index in [-0.39, 0.29) is 5.56 Å². The zero-order chi connectivity index (χ0) is 31.0. The second-order valence-corrected chi connectivity index (χ2v) is 12.1. The largest absolute Gasteiger partial charge is 0.373 e. The number of aryl methyl sites for hydroxylation is 1. The number of nitrogens with one attached hydrogen (secondary N) is 2. The first kappa shape index (κ1) is 32.2.